The first-order valence-electron chi connectivity index (χ1n) is 10.4. The molecule has 0 unspecified atom stereocenters. The minimum atomic E-state index is -4.49. The molecular formula is C23H16F3N5O4. The third-order valence-electron chi connectivity index (χ3n) is 5.49. The van der Waals surface area contributed by atoms with Crippen molar-refractivity contribution >= 4 is 28.6 Å². The Labute approximate surface area is 195 Å². The van der Waals surface area contributed by atoms with Crippen molar-refractivity contribution < 1.29 is 32.3 Å². The summed E-state index contributed by atoms with van der Waals surface area (Å²) in [5.41, 5.74) is -0.137. The lowest BCUT2D eigenvalue weighted by Gasteiger charge is -2.35. The van der Waals surface area contributed by atoms with Crippen molar-refractivity contribution in [2.45, 2.75) is 6.18 Å². The van der Waals surface area contributed by atoms with E-state index in [2.05, 4.69) is 15.3 Å². The largest absolute Gasteiger partial charge is 0.439 e. The van der Waals surface area contributed by atoms with E-state index in [9.17, 15) is 27.6 Å². The predicted molar refractivity (Wildman–Crippen MR) is 115 cm³/mol. The number of benzene rings is 1. The summed E-state index contributed by atoms with van der Waals surface area (Å²) in [5, 5.41) is 3.10. The lowest BCUT2D eigenvalue weighted by atomic mass is 10.1. The number of hydrogen-bond acceptors (Lipinski definition) is 6. The van der Waals surface area contributed by atoms with Gasteiger partial charge in [0.2, 0.25) is 11.8 Å². The van der Waals surface area contributed by atoms with Crippen molar-refractivity contribution in [2.24, 2.45) is 0 Å². The fourth-order valence-corrected chi connectivity index (χ4v) is 3.71. The zero-order valence-electron chi connectivity index (χ0n) is 17.9. The third kappa shape index (κ3) is 4.37. The van der Waals surface area contributed by atoms with Gasteiger partial charge in [-0.05, 0) is 30.3 Å². The molecule has 0 bridgehead atoms. The fraction of sp³-hybridized carbons (Fsp3) is 0.174. The SMILES string of the molecule is O=C1NCC(=O)N2CCN(C(=O)c3ccc4cc(Oc5ccc(C(F)(F)F)cn5)ccc4n3)C=C12. The highest BCUT2D eigenvalue weighted by Crippen LogP contribution is 2.30. The van der Waals surface area contributed by atoms with Crippen molar-refractivity contribution in [1.29, 1.82) is 0 Å². The molecule has 9 nitrogen and oxygen atoms in total. The molecular weight excluding hydrogens is 467 g/mol. The standard InChI is InChI=1S/C23H16F3N5O4/c24-23(25,26)14-2-6-19(27-10-14)35-15-3-5-16-13(9-15)1-4-17(29-16)22(34)30-7-8-31-18(12-30)21(33)28-11-20(31)32/h1-6,9-10,12H,7-8,11H2,(H,28,33). The summed E-state index contributed by atoms with van der Waals surface area (Å²) in [6.07, 6.45) is -2.45. The van der Waals surface area contributed by atoms with Crippen molar-refractivity contribution in [3.8, 4) is 11.6 Å². The molecule has 0 saturated carbocycles. The molecule has 1 N–H and O–H groups in total. The minimum absolute atomic E-state index is 0.00508. The maximum absolute atomic E-state index is 13.0. The average Bonchev–Trinajstić information content (AvgIpc) is 2.85. The molecule has 0 atom stereocenters. The van der Waals surface area contributed by atoms with Crippen LogP contribution in [0.4, 0.5) is 13.2 Å². The molecule has 0 aliphatic carbocycles. The molecule has 35 heavy (non-hydrogen) atoms. The van der Waals surface area contributed by atoms with Gasteiger partial charge in [0.1, 0.15) is 17.1 Å². The number of nitrogens with zero attached hydrogens (tertiary/aromatic N) is 4. The first kappa shape index (κ1) is 22.3. The Kier molecular flexibility index (Phi) is 5.35. The van der Waals surface area contributed by atoms with Crippen LogP contribution in [0.1, 0.15) is 16.1 Å². The highest BCUT2D eigenvalue weighted by molar-refractivity contribution is 6.04. The molecule has 2 aliphatic rings. The van der Waals surface area contributed by atoms with Gasteiger partial charge in [-0.25, -0.2) is 9.97 Å². The molecule has 1 aromatic carbocycles. The van der Waals surface area contributed by atoms with Gasteiger partial charge in [-0.3, -0.25) is 14.4 Å². The summed E-state index contributed by atoms with van der Waals surface area (Å²) in [7, 11) is 0. The number of carbonyl (C=O) groups is 3. The molecule has 3 aromatic rings. The topological polar surface area (TPSA) is 105 Å². The number of rotatable bonds is 3. The Morgan fingerprint density at radius 2 is 1.89 bits per heavy atom. The van der Waals surface area contributed by atoms with Crippen LogP contribution in [0.25, 0.3) is 10.9 Å². The van der Waals surface area contributed by atoms with Crippen LogP contribution in [-0.4, -0.2) is 57.1 Å². The number of ether oxygens (including phenoxy) is 1. The average molecular weight is 483 g/mol. The van der Waals surface area contributed by atoms with Gasteiger partial charge in [-0.2, -0.15) is 13.2 Å². The lowest BCUT2D eigenvalue weighted by Crippen LogP contribution is -2.54. The highest BCUT2D eigenvalue weighted by atomic mass is 19.4. The first-order valence-corrected chi connectivity index (χ1v) is 10.4. The molecule has 5 rings (SSSR count). The van der Waals surface area contributed by atoms with E-state index in [4.69, 9.17) is 4.74 Å². The van der Waals surface area contributed by atoms with Crippen LogP contribution in [0, 0.1) is 0 Å². The number of carbonyl (C=O) groups excluding carboxylic acids is 3. The smallest absolute Gasteiger partial charge is 0.417 e. The Bertz CT molecular complexity index is 1390. The van der Waals surface area contributed by atoms with E-state index >= 15 is 0 Å². The second kappa shape index (κ2) is 8.38. The minimum Gasteiger partial charge on any atom is -0.439 e. The van der Waals surface area contributed by atoms with E-state index in [-0.39, 0.29) is 42.8 Å². The van der Waals surface area contributed by atoms with Crippen LogP contribution in [-0.2, 0) is 15.8 Å². The van der Waals surface area contributed by atoms with Crippen molar-refractivity contribution in [3.63, 3.8) is 0 Å². The Hall–Kier alpha value is -4.48. The monoisotopic (exact) mass is 483 g/mol. The second-order valence-corrected chi connectivity index (χ2v) is 7.78. The summed E-state index contributed by atoms with van der Waals surface area (Å²) < 4.78 is 43.6. The van der Waals surface area contributed by atoms with Crippen molar-refractivity contribution in [2.75, 3.05) is 19.6 Å². The number of amides is 3. The number of aromatic nitrogens is 2. The molecule has 2 aliphatic heterocycles. The normalized spacial score (nSPS) is 16.0. The highest BCUT2D eigenvalue weighted by Gasteiger charge is 2.34. The van der Waals surface area contributed by atoms with E-state index in [0.717, 1.165) is 12.1 Å². The van der Waals surface area contributed by atoms with Gasteiger partial charge in [-0.1, -0.05) is 6.07 Å². The van der Waals surface area contributed by atoms with Crippen LogP contribution < -0.4 is 10.1 Å². The van der Waals surface area contributed by atoms with E-state index < -0.39 is 23.6 Å². The van der Waals surface area contributed by atoms with Gasteiger partial charge >= 0.3 is 6.18 Å². The van der Waals surface area contributed by atoms with Crippen LogP contribution in [0.5, 0.6) is 11.6 Å². The number of nitrogens with one attached hydrogen (secondary N) is 1. The molecule has 0 radical (unpaired) electrons. The molecule has 4 heterocycles. The van der Waals surface area contributed by atoms with Gasteiger partial charge in [0, 0.05) is 36.9 Å². The lowest BCUT2D eigenvalue weighted by molar-refractivity contribution is -0.137. The zero-order valence-corrected chi connectivity index (χ0v) is 17.9. The van der Waals surface area contributed by atoms with Gasteiger partial charge < -0.3 is 19.9 Å². The second-order valence-electron chi connectivity index (χ2n) is 7.78. The van der Waals surface area contributed by atoms with Crippen LogP contribution in [0.2, 0.25) is 0 Å². The maximum atomic E-state index is 13.0. The van der Waals surface area contributed by atoms with E-state index in [1.54, 1.807) is 24.3 Å². The number of hydrogen-bond donors (Lipinski definition) is 1. The van der Waals surface area contributed by atoms with Crippen molar-refractivity contribution in [1.82, 2.24) is 25.1 Å². The van der Waals surface area contributed by atoms with E-state index in [1.165, 1.54) is 22.1 Å². The quantitative estimate of drug-likeness (QED) is 0.615. The van der Waals surface area contributed by atoms with Gasteiger partial charge in [-0.15, -0.1) is 0 Å². The summed E-state index contributed by atoms with van der Waals surface area (Å²) in [4.78, 5) is 47.8. The van der Waals surface area contributed by atoms with Crippen LogP contribution >= 0.6 is 0 Å². The maximum Gasteiger partial charge on any atom is 0.417 e. The molecule has 178 valence electrons. The fourth-order valence-electron chi connectivity index (χ4n) is 3.71. The van der Waals surface area contributed by atoms with Crippen molar-refractivity contribution in [3.05, 3.63) is 71.8 Å². The zero-order chi connectivity index (χ0) is 24.7. The van der Waals surface area contributed by atoms with Gasteiger partial charge in [0.25, 0.3) is 11.8 Å². The summed E-state index contributed by atoms with van der Waals surface area (Å²) in [6, 6.07) is 9.96. The summed E-state index contributed by atoms with van der Waals surface area (Å²) in [6.45, 7) is 0.348. The molecule has 2 aromatic heterocycles. The van der Waals surface area contributed by atoms with Crippen LogP contribution in [0.3, 0.4) is 0 Å². The molecule has 0 spiro atoms. The van der Waals surface area contributed by atoms with E-state index in [1.807, 2.05) is 0 Å². The van der Waals surface area contributed by atoms with Crippen LogP contribution in [0.15, 0.2) is 60.6 Å². The van der Waals surface area contributed by atoms with Gasteiger partial charge in [0.05, 0.1) is 17.6 Å². The third-order valence-corrected chi connectivity index (χ3v) is 5.49. The first-order chi connectivity index (χ1) is 16.7. The van der Waals surface area contributed by atoms with Gasteiger partial charge in [0.15, 0.2) is 0 Å². The number of pyridine rings is 2. The Morgan fingerprint density at radius 3 is 2.63 bits per heavy atom. The summed E-state index contributed by atoms with van der Waals surface area (Å²) in [5.74, 6) is -0.770. The predicted octanol–water partition coefficient (Wildman–Crippen LogP) is 2.70. The molecule has 1 fully saturated rings. The number of piperazine rings is 1. The number of alkyl halides is 3. The molecule has 12 heteroatoms. The Morgan fingerprint density at radius 1 is 1.06 bits per heavy atom. The van der Waals surface area contributed by atoms with E-state index in [0.29, 0.717) is 22.8 Å². The molecule has 3 amide bonds. The number of halogens is 3. The molecule has 1 saturated heterocycles. The Balaban J connectivity index is 1.34. The number of fused-ring (bicyclic) bond motifs is 2. The summed E-state index contributed by atoms with van der Waals surface area (Å²) >= 11 is 0.